The van der Waals surface area contributed by atoms with Gasteiger partial charge in [0.05, 0.1) is 5.92 Å². The molecule has 21 heavy (non-hydrogen) atoms. The fourth-order valence-electron chi connectivity index (χ4n) is 4.14. The monoisotopic (exact) mass is 297 g/mol. The summed E-state index contributed by atoms with van der Waals surface area (Å²) in [5, 5.41) is 28.1. The highest BCUT2D eigenvalue weighted by Gasteiger charge is 2.36. The van der Waals surface area contributed by atoms with Crippen LogP contribution in [-0.4, -0.2) is 52.8 Å². The van der Waals surface area contributed by atoms with E-state index in [9.17, 15) is 14.8 Å². The summed E-state index contributed by atoms with van der Waals surface area (Å²) in [4.78, 5) is 13.3. The van der Waals surface area contributed by atoms with E-state index in [1.165, 1.54) is 6.42 Å². The zero-order chi connectivity index (χ0) is 15.4. The Balaban J connectivity index is 1.83. The first-order valence-corrected chi connectivity index (χ1v) is 8.28. The third-order valence-electron chi connectivity index (χ3n) is 5.54. The molecule has 2 saturated carbocycles. The Morgan fingerprint density at radius 1 is 1.10 bits per heavy atom. The number of rotatable bonds is 5. The van der Waals surface area contributed by atoms with Crippen LogP contribution in [0.3, 0.4) is 0 Å². The first kappa shape index (κ1) is 16.8. The zero-order valence-electron chi connectivity index (χ0n) is 12.9. The number of carbonyl (C=O) groups is 1. The molecule has 0 aliphatic heterocycles. The standard InChI is InChI=1S/C15H28BNO4/c1-17(13-8-6-11(7-9-13)15(18)19)10-12-4-2-3-5-14(12)16(20)21/h11-14,20-21H,2-10H2,1H3,(H,18,19). The van der Waals surface area contributed by atoms with E-state index in [1.807, 2.05) is 0 Å². The van der Waals surface area contributed by atoms with E-state index in [4.69, 9.17) is 5.11 Å². The van der Waals surface area contributed by atoms with Crippen molar-refractivity contribution in [1.29, 1.82) is 0 Å². The average molecular weight is 297 g/mol. The number of carboxylic acids is 1. The second-order valence-corrected chi connectivity index (χ2v) is 6.91. The predicted octanol–water partition coefficient (Wildman–Crippen LogP) is 1.59. The smallest absolute Gasteiger partial charge is 0.455 e. The fourth-order valence-corrected chi connectivity index (χ4v) is 4.14. The molecule has 0 aromatic carbocycles. The van der Waals surface area contributed by atoms with Gasteiger partial charge in [-0.3, -0.25) is 4.79 Å². The molecule has 6 heteroatoms. The minimum atomic E-state index is -1.20. The van der Waals surface area contributed by atoms with Gasteiger partial charge < -0.3 is 20.1 Å². The first-order chi connectivity index (χ1) is 9.99. The number of hydrogen-bond donors (Lipinski definition) is 3. The minimum Gasteiger partial charge on any atom is -0.481 e. The molecule has 2 unspecified atom stereocenters. The van der Waals surface area contributed by atoms with Gasteiger partial charge in [-0.2, -0.15) is 0 Å². The molecule has 2 rings (SSSR count). The summed E-state index contributed by atoms with van der Waals surface area (Å²) in [5.74, 6) is -0.485. The summed E-state index contributed by atoms with van der Waals surface area (Å²) in [7, 11) is 0.896. The van der Waals surface area contributed by atoms with Crippen molar-refractivity contribution in [3.63, 3.8) is 0 Å². The number of hydrogen-bond acceptors (Lipinski definition) is 4. The maximum atomic E-state index is 11.0. The van der Waals surface area contributed by atoms with Crippen molar-refractivity contribution in [3.05, 3.63) is 0 Å². The van der Waals surface area contributed by atoms with Gasteiger partial charge in [-0.15, -0.1) is 0 Å². The zero-order valence-corrected chi connectivity index (χ0v) is 12.9. The molecule has 0 aromatic rings. The summed E-state index contributed by atoms with van der Waals surface area (Å²) in [6, 6.07) is 0.444. The summed E-state index contributed by atoms with van der Waals surface area (Å²) in [6.45, 7) is 0.894. The van der Waals surface area contributed by atoms with Crippen molar-refractivity contribution in [2.24, 2.45) is 11.8 Å². The van der Waals surface area contributed by atoms with Gasteiger partial charge in [0.25, 0.3) is 0 Å². The molecule has 2 atom stereocenters. The van der Waals surface area contributed by atoms with Gasteiger partial charge in [-0.25, -0.2) is 0 Å². The Bertz CT molecular complexity index is 345. The van der Waals surface area contributed by atoms with Crippen LogP contribution in [0.25, 0.3) is 0 Å². The van der Waals surface area contributed by atoms with Crippen LogP contribution in [-0.2, 0) is 4.79 Å². The second kappa shape index (κ2) is 7.61. The van der Waals surface area contributed by atoms with E-state index in [0.717, 1.165) is 51.5 Å². The fraction of sp³-hybridized carbons (Fsp3) is 0.933. The molecule has 0 spiro atoms. The highest BCUT2D eigenvalue weighted by atomic mass is 16.4. The molecule has 2 aliphatic carbocycles. The van der Waals surface area contributed by atoms with Crippen molar-refractivity contribution in [1.82, 2.24) is 4.90 Å². The van der Waals surface area contributed by atoms with Gasteiger partial charge in [0, 0.05) is 12.6 Å². The van der Waals surface area contributed by atoms with Crippen LogP contribution < -0.4 is 0 Å². The Morgan fingerprint density at radius 2 is 1.71 bits per heavy atom. The molecule has 0 saturated heterocycles. The van der Waals surface area contributed by atoms with Crippen LogP contribution in [0.1, 0.15) is 51.4 Å². The lowest BCUT2D eigenvalue weighted by atomic mass is 9.59. The Morgan fingerprint density at radius 3 is 2.29 bits per heavy atom. The molecule has 5 nitrogen and oxygen atoms in total. The molecule has 0 amide bonds. The van der Waals surface area contributed by atoms with Gasteiger partial charge in [0.2, 0.25) is 0 Å². The van der Waals surface area contributed by atoms with Gasteiger partial charge in [-0.05, 0) is 50.9 Å². The van der Waals surface area contributed by atoms with E-state index in [-0.39, 0.29) is 11.7 Å². The summed E-state index contributed by atoms with van der Waals surface area (Å²) in [6.07, 6.45) is 7.64. The molecule has 0 bridgehead atoms. The van der Waals surface area contributed by atoms with Crippen molar-refractivity contribution >= 4 is 13.1 Å². The largest absolute Gasteiger partial charge is 0.481 e. The first-order valence-electron chi connectivity index (χ1n) is 8.28. The highest BCUT2D eigenvalue weighted by molar-refractivity contribution is 6.43. The minimum absolute atomic E-state index is 0.00319. The Kier molecular flexibility index (Phi) is 6.08. The quantitative estimate of drug-likeness (QED) is 0.672. The third kappa shape index (κ3) is 4.44. The molecule has 120 valence electrons. The van der Waals surface area contributed by atoms with Gasteiger partial charge in [-0.1, -0.05) is 19.3 Å². The molecular weight excluding hydrogens is 269 g/mol. The predicted molar refractivity (Wildman–Crippen MR) is 81.9 cm³/mol. The van der Waals surface area contributed by atoms with Crippen molar-refractivity contribution in [3.8, 4) is 0 Å². The maximum Gasteiger partial charge on any atom is 0.455 e. The van der Waals surface area contributed by atoms with Crippen LogP contribution in [0.5, 0.6) is 0 Å². The Labute approximate surface area is 127 Å². The normalized spacial score (nSPS) is 33.9. The van der Waals surface area contributed by atoms with E-state index < -0.39 is 13.1 Å². The van der Waals surface area contributed by atoms with Gasteiger partial charge in [0.15, 0.2) is 0 Å². The van der Waals surface area contributed by atoms with Crippen LogP contribution in [0, 0.1) is 11.8 Å². The van der Waals surface area contributed by atoms with Crippen LogP contribution in [0.15, 0.2) is 0 Å². The molecule has 0 aromatic heterocycles. The molecule has 0 radical (unpaired) electrons. The highest BCUT2D eigenvalue weighted by Crippen LogP contribution is 2.37. The van der Waals surface area contributed by atoms with E-state index in [2.05, 4.69) is 11.9 Å². The van der Waals surface area contributed by atoms with Crippen LogP contribution in [0.4, 0.5) is 0 Å². The SMILES string of the molecule is CN(CC1CCCCC1B(O)O)C1CCC(C(=O)O)CC1. The molecule has 2 fully saturated rings. The Hall–Kier alpha value is -0.585. The van der Waals surface area contributed by atoms with E-state index in [1.54, 1.807) is 0 Å². The third-order valence-corrected chi connectivity index (χ3v) is 5.54. The van der Waals surface area contributed by atoms with Gasteiger partial charge >= 0.3 is 13.1 Å². The lowest BCUT2D eigenvalue weighted by Gasteiger charge is -2.39. The van der Waals surface area contributed by atoms with Crippen molar-refractivity contribution in [2.75, 3.05) is 13.6 Å². The maximum absolute atomic E-state index is 11.0. The number of nitrogens with zero attached hydrogens (tertiary/aromatic N) is 1. The second-order valence-electron chi connectivity index (χ2n) is 6.91. The average Bonchev–Trinajstić information content (AvgIpc) is 2.47. The van der Waals surface area contributed by atoms with Crippen LogP contribution in [0.2, 0.25) is 5.82 Å². The van der Waals surface area contributed by atoms with E-state index in [0.29, 0.717) is 12.0 Å². The molecule has 3 N–H and O–H groups in total. The molecule has 0 heterocycles. The number of carboxylic acid groups (broad SMARTS) is 1. The van der Waals surface area contributed by atoms with Crippen molar-refractivity contribution < 1.29 is 19.9 Å². The lowest BCUT2D eigenvalue weighted by Crippen LogP contribution is -2.42. The molecular formula is C15H28BNO4. The van der Waals surface area contributed by atoms with E-state index >= 15 is 0 Å². The summed E-state index contributed by atoms with van der Waals surface area (Å²) >= 11 is 0. The summed E-state index contributed by atoms with van der Waals surface area (Å²) < 4.78 is 0. The molecule has 2 aliphatic rings. The van der Waals surface area contributed by atoms with Gasteiger partial charge in [0.1, 0.15) is 0 Å². The number of aliphatic carboxylic acids is 1. The van der Waals surface area contributed by atoms with Crippen LogP contribution >= 0.6 is 0 Å². The summed E-state index contributed by atoms with van der Waals surface area (Å²) in [5.41, 5.74) is 0. The van der Waals surface area contributed by atoms with Crippen molar-refractivity contribution in [2.45, 2.75) is 63.2 Å². The topological polar surface area (TPSA) is 81.0 Å². The lowest BCUT2D eigenvalue weighted by molar-refractivity contribution is -0.143.